The highest BCUT2D eigenvalue weighted by molar-refractivity contribution is 4.82. The number of hydrogen-bond acceptors (Lipinski definition) is 4. The Hall–Kier alpha value is -0.160. The summed E-state index contributed by atoms with van der Waals surface area (Å²) in [7, 11) is 0. The van der Waals surface area contributed by atoms with E-state index in [0.717, 1.165) is 25.8 Å². The first kappa shape index (κ1) is 13.3. The summed E-state index contributed by atoms with van der Waals surface area (Å²) in [5, 5.41) is 3.43. The lowest BCUT2D eigenvalue weighted by molar-refractivity contribution is 0.0702. The fourth-order valence-corrected chi connectivity index (χ4v) is 2.89. The summed E-state index contributed by atoms with van der Waals surface area (Å²) in [6.07, 6.45) is 2.68. The molecule has 0 aromatic heterocycles. The van der Waals surface area contributed by atoms with Crippen LogP contribution in [-0.2, 0) is 4.74 Å². The van der Waals surface area contributed by atoms with Crippen molar-refractivity contribution in [3.05, 3.63) is 0 Å². The second-order valence-electron chi connectivity index (χ2n) is 5.06. The zero-order valence-corrected chi connectivity index (χ0v) is 11.2. The third kappa shape index (κ3) is 4.21. The molecule has 0 amide bonds. The molecule has 4 nitrogen and oxygen atoms in total. The molecule has 2 fully saturated rings. The van der Waals surface area contributed by atoms with Gasteiger partial charge in [-0.2, -0.15) is 0 Å². The number of ether oxygens (including phenoxy) is 1. The number of nitrogens with zero attached hydrogens (tertiary/aromatic N) is 2. The molecule has 2 rings (SSSR count). The molecule has 17 heavy (non-hydrogen) atoms. The van der Waals surface area contributed by atoms with Crippen LogP contribution in [0.5, 0.6) is 0 Å². The molecule has 100 valence electrons. The highest BCUT2D eigenvalue weighted by atomic mass is 16.5. The maximum absolute atomic E-state index is 5.42. The van der Waals surface area contributed by atoms with E-state index in [4.69, 9.17) is 4.74 Å². The Kier molecular flexibility index (Phi) is 5.71. The molecule has 0 radical (unpaired) electrons. The Morgan fingerprint density at radius 1 is 1.12 bits per heavy atom. The van der Waals surface area contributed by atoms with E-state index in [1.165, 1.54) is 52.1 Å². The highest BCUT2D eigenvalue weighted by Crippen LogP contribution is 2.16. The van der Waals surface area contributed by atoms with Gasteiger partial charge in [-0.3, -0.25) is 4.90 Å². The topological polar surface area (TPSA) is 27.7 Å². The zero-order valence-electron chi connectivity index (χ0n) is 11.2. The van der Waals surface area contributed by atoms with Gasteiger partial charge in [0, 0.05) is 45.4 Å². The lowest BCUT2D eigenvalue weighted by Gasteiger charge is -2.40. The number of hydrogen-bond donors (Lipinski definition) is 1. The number of rotatable bonds is 5. The van der Waals surface area contributed by atoms with E-state index in [9.17, 15) is 0 Å². The average molecular weight is 241 g/mol. The smallest absolute Gasteiger partial charge is 0.0593 e. The zero-order chi connectivity index (χ0) is 11.9. The molecule has 2 saturated heterocycles. The summed E-state index contributed by atoms with van der Waals surface area (Å²) in [6, 6.07) is 0.834. The second kappa shape index (κ2) is 7.31. The Morgan fingerprint density at radius 3 is 2.47 bits per heavy atom. The number of piperazine rings is 1. The first-order valence-corrected chi connectivity index (χ1v) is 7.15. The van der Waals surface area contributed by atoms with Crippen molar-refractivity contribution in [2.75, 3.05) is 59.0 Å². The van der Waals surface area contributed by atoms with Crippen LogP contribution in [0.4, 0.5) is 0 Å². The molecule has 2 aliphatic rings. The average Bonchev–Trinajstić information content (AvgIpc) is 2.41. The molecule has 0 aromatic rings. The largest absolute Gasteiger partial charge is 0.380 e. The van der Waals surface area contributed by atoms with Gasteiger partial charge in [-0.1, -0.05) is 0 Å². The van der Waals surface area contributed by atoms with Crippen molar-refractivity contribution < 1.29 is 4.74 Å². The third-order valence-corrected chi connectivity index (χ3v) is 3.98. The van der Waals surface area contributed by atoms with E-state index < -0.39 is 0 Å². The van der Waals surface area contributed by atoms with Crippen LogP contribution in [0.1, 0.15) is 19.8 Å². The lowest BCUT2D eigenvalue weighted by atomic mass is 10.0. The van der Waals surface area contributed by atoms with Crippen molar-refractivity contribution in [1.82, 2.24) is 15.1 Å². The van der Waals surface area contributed by atoms with Gasteiger partial charge >= 0.3 is 0 Å². The SMILES string of the molecule is CCOCCN1CCC(N2CCNCC2)CC1. The van der Waals surface area contributed by atoms with Crippen LogP contribution in [0.15, 0.2) is 0 Å². The molecule has 0 unspecified atom stereocenters. The van der Waals surface area contributed by atoms with Crippen molar-refractivity contribution in [3.8, 4) is 0 Å². The first-order valence-electron chi connectivity index (χ1n) is 7.15. The van der Waals surface area contributed by atoms with Crippen LogP contribution in [0.3, 0.4) is 0 Å². The molecular weight excluding hydrogens is 214 g/mol. The molecule has 0 aliphatic carbocycles. The normalized spacial score (nSPS) is 25.2. The summed E-state index contributed by atoms with van der Waals surface area (Å²) in [5.74, 6) is 0. The Balaban J connectivity index is 1.63. The summed E-state index contributed by atoms with van der Waals surface area (Å²) < 4.78 is 5.42. The van der Waals surface area contributed by atoms with Crippen molar-refractivity contribution in [3.63, 3.8) is 0 Å². The summed E-state index contributed by atoms with van der Waals surface area (Å²) in [4.78, 5) is 5.23. The molecule has 2 aliphatic heterocycles. The van der Waals surface area contributed by atoms with Crippen LogP contribution in [0.25, 0.3) is 0 Å². The summed E-state index contributed by atoms with van der Waals surface area (Å²) >= 11 is 0. The first-order chi connectivity index (χ1) is 8.40. The molecule has 0 atom stereocenters. The van der Waals surface area contributed by atoms with Crippen molar-refractivity contribution in [1.29, 1.82) is 0 Å². The van der Waals surface area contributed by atoms with Crippen LogP contribution in [0, 0.1) is 0 Å². The van der Waals surface area contributed by atoms with Gasteiger partial charge in [-0.25, -0.2) is 0 Å². The minimum Gasteiger partial charge on any atom is -0.380 e. The second-order valence-corrected chi connectivity index (χ2v) is 5.06. The predicted octanol–water partition coefficient (Wildman–Crippen LogP) is 0.393. The molecule has 0 bridgehead atoms. The molecule has 4 heteroatoms. The molecule has 0 saturated carbocycles. The van der Waals surface area contributed by atoms with Crippen LogP contribution >= 0.6 is 0 Å². The van der Waals surface area contributed by atoms with Gasteiger partial charge in [-0.05, 0) is 32.9 Å². The van der Waals surface area contributed by atoms with Crippen LogP contribution in [0.2, 0.25) is 0 Å². The van der Waals surface area contributed by atoms with E-state index in [0.29, 0.717) is 0 Å². The van der Waals surface area contributed by atoms with Crippen molar-refractivity contribution in [2.24, 2.45) is 0 Å². The summed E-state index contributed by atoms with van der Waals surface area (Å²) in [5.41, 5.74) is 0. The van der Waals surface area contributed by atoms with Gasteiger partial charge in [0.15, 0.2) is 0 Å². The fraction of sp³-hybridized carbons (Fsp3) is 1.00. The Labute approximate surface area is 105 Å². The number of piperidine rings is 1. The fourth-order valence-electron chi connectivity index (χ4n) is 2.89. The summed E-state index contributed by atoms with van der Waals surface area (Å²) in [6.45, 7) is 12.2. The molecule has 2 heterocycles. The highest BCUT2D eigenvalue weighted by Gasteiger charge is 2.24. The molecular formula is C13H27N3O. The van der Waals surface area contributed by atoms with E-state index in [1.807, 2.05) is 0 Å². The van der Waals surface area contributed by atoms with Gasteiger partial charge in [0.05, 0.1) is 6.61 Å². The van der Waals surface area contributed by atoms with Gasteiger partial charge in [-0.15, -0.1) is 0 Å². The van der Waals surface area contributed by atoms with E-state index in [2.05, 4.69) is 22.0 Å². The molecule has 0 aromatic carbocycles. The maximum Gasteiger partial charge on any atom is 0.0593 e. The third-order valence-electron chi connectivity index (χ3n) is 3.98. The predicted molar refractivity (Wildman–Crippen MR) is 70.4 cm³/mol. The van der Waals surface area contributed by atoms with Gasteiger partial charge in [0.25, 0.3) is 0 Å². The van der Waals surface area contributed by atoms with Gasteiger partial charge in [0.2, 0.25) is 0 Å². The van der Waals surface area contributed by atoms with E-state index >= 15 is 0 Å². The van der Waals surface area contributed by atoms with E-state index in [1.54, 1.807) is 0 Å². The number of nitrogens with one attached hydrogen (secondary N) is 1. The van der Waals surface area contributed by atoms with E-state index in [-0.39, 0.29) is 0 Å². The number of likely N-dealkylation sites (tertiary alicyclic amines) is 1. The molecule has 1 N–H and O–H groups in total. The minimum absolute atomic E-state index is 0.834. The standard InChI is InChI=1S/C13H27N3O/c1-2-17-12-11-15-7-3-13(4-8-15)16-9-5-14-6-10-16/h13-14H,2-12H2,1H3. The Bertz CT molecular complexity index is 199. The van der Waals surface area contributed by atoms with Crippen LogP contribution < -0.4 is 5.32 Å². The van der Waals surface area contributed by atoms with Crippen LogP contribution in [-0.4, -0.2) is 74.9 Å². The van der Waals surface area contributed by atoms with Crippen molar-refractivity contribution >= 4 is 0 Å². The van der Waals surface area contributed by atoms with Crippen molar-refractivity contribution in [2.45, 2.75) is 25.8 Å². The quantitative estimate of drug-likeness (QED) is 0.705. The Morgan fingerprint density at radius 2 is 1.82 bits per heavy atom. The lowest BCUT2D eigenvalue weighted by Crippen LogP contribution is -2.52. The maximum atomic E-state index is 5.42. The van der Waals surface area contributed by atoms with Gasteiger partial charge in [0.1, 0.15) is 0 Å². The molecule has 0 spiro atoms. The van der Waals surface area contributed by atoms with Gasteiger partial charge < -0.3 is 15.0 Å². The monoisotopic (exact) mass is 241 g/mol. The minimum atomic E-state index is 0.834.